The maximum absolute atomic E-state index is 15.0. The van der Waals surface area contributed by atoms with Crippen molar-refractivity contribution in [2.45, 2.75) is 12.8 Å². The summed E-state index contributed by atoms with van der Waals surface area (Å²) in [6, 6.07) is 6.94. The van der Waals surface area contributed by atoms with E-state index in [-0.39, 0.29) is 51.9 Å². The van der Waals surface area contributed by atoms with Crippen molar-refractivity contribution in [1.82, 2.24) is 29.6 Å². The fraction of sp³-hybridized carbons (Fsp3) is 0.375. The molecule has 2 fully saturated rings. The highest BCUT2D eigenvalue weighted by molar-refractivity contribution is 6.34. The lowest BCUT2D eigenvalue weighted by Crippen LogP contribution is -2.52. The number of hydrogen-bond donors (Lipinski definition) is 3. The Kier molecular flexibility index (Phi) is 11.8. The minimum atomic E-state index is -1.30. The monoisotopic (exact) mass is 687 g/mol. The third kappa shape index (κ3) is 7.80. The van der Waals surface area contributed by atoms with Gasteiger partial charge in [0.25, 0.3) is 24.2 Å². The number of carbonyl (C=O) groups excluding carboxylic acids is 4. The highest BCUT2D eigenvalue weighted by Crippen LogP contribution is 2.28. The summed E-state index contributed by atoms with van der Waals surface area (Å²) in [6.45, 7) is 3.13. The molecule has 1 aromatic heterocycles. The number of carbonyl (C=O) groups is 5. The Labute approximate surface area is 280 Å². The molecule has 256 valence electrons. The van der Waals surface area contributed by atoms with Gasteiger partial charge in [-0.1, -0.05) is 11.6 Å². The Morgan fingerprint density at radius 2 is 1.60 bits per heavy atom. The van der Waals surface area contributed by atoms with Gasteiger partial charge in [-0.2, -0.15) is 0 Å². The third-order valence-electron chi connectivity index (χ3n) is 8.21. The summed E-state index contributed by atoms with van der Waals surface area (Å²) in [7, 11) is 4.34. The molecular weight excluding hydrogens is 652 g/mol. The first-order valence-electron chi connectivity index (χ1n) is 15.1. The number of piperidine rings is 1. The number of imidazole rings is 1. The van der Waals surface area contributed by atoms with Gasteiger partial charge in [0.1, 0.15) is 0 Å². The van der Waals surface area contributed by atoms with E-state index in [4.69, 9.17) is 21.5 Å². The summed E-state index contributed by atoms with van der Waals surface area (Å²) in [4.78, 5) is 68.4. The Morgan fingerprint density at radius 1 is 1.00 bits per heavy atom. The van der Waals surface area contributed by atoms with Gasteiger partial charge in [-0.25, -0.2) is 13.8 Å². The number of nitrogens with one attached hydrogen (secondary N) is 2. The lowest BCUT2D eigenvalue weighted by atomic mass is 9.96. The van der Waals surface area contributed by atoms with Gasteiger partial charge in [0.15, 0.2) is 17.5 Å². The molecule has 2 saturated heterocycles. The average molecular weight is 688 g/mol. The fourth-order valence-electron chi connectivity index (χ4n) is 5.60. The van der Waals surface area contributed by atoms with E-state index in [0.717, 1.165) is 30.8 Å². The SMILES string of the molecule is CN(C)C(=O)c1ccc(-c2cnc(C(=O)Nc3ccc(C(=O)N4CCN(C(=O)C5CCNCC5)CC4)c(Cl)c3)n2C)c(F)c1F.O=CO. The molecule has 0 saturated carbocycles. The number of benzene rings is 2. The summed E-state index contributed by atoms with van der Waals surface area (Å²) < 4.78 is 31.0. The molecule has 0 radical (unpaired) electrons. The molecule has 3 heterocycles. The smallest absolute Gasteiger partial charge is 0.291 e. The lowest BCUT2D eigenvalue weighted by Gasteiger charge is -2.37. The zero-order chi connectivity index (χ0) is 35.1. The number of carboxylic acid groups (broad SMARTS) is 1. The molecule has 13 nitrogen and oxygen atoms in total. The van der Waals surface area contributed by atoms with E-state index in [1.807, 2.05) is 4.90 Å². The summed E-state index contributed by atoms with van der Waals surface area (Å²) in [6.07, 6.45) is 2.88. The highest BCUT2D eigenvalue weighted by Gasteiger charge is 2.31. The molecule has 5 rings (SSSR count). The molecule has 0 atom stereocenters. The molecular formula is C32H36ClF2N7O6. The molecule has 0 bridgehead atoms. The van der Waals surface area contributed by atoms with Crippen molar-refractivity contribution >= 4 is 47.4 Å². The van der Waals surface area contributed by atoms with Crippen molar-refractivity contribution < 1.29 is 37.9 Å². The summed E-state index contributed by atoms with van der Waals surface area (Å²) in [5, 5.41) is 13.0. The topological polar surface area (TPSA) is 157 Å². The van der Waals surface area contributed by atoms with Gasteiger partial charge >= 0.3 is 0 Å². The minimum absolute atomic E-state index is 0.0267. The standard InChI is InChI=1S/C31H34ClF2N7O4.CH2O2/c1-38(2)30(44)22-7-6-21(25(33)26(22)34)24-17-36-27(39(24)3)28(42)37-19-4-5-20(23(32)16-19)31(45)41-14-12-40(13-15-41)29(43)18-8-10-35-11-9-18;2-1-3/h4-7,16-18,35H,8-15H2,1-3H3,(H,37,42);1H,(H,2,3). The van der Waals surface area contributed by atoms with Gasteiger partial charge in [0.2, 0.25) is 5.91 Å². The van der Waals surface area contributed by atoms with E-state index in [0.29, 0.717) is 31.9 Å². The van der Waals surface area contributed by atoms with Crippen LogP contribution >= 0.6 is 11.6 Å². The fourth-order valence-corrected chi connectivity index (χ4v) is 5.87. The zero-order valence-corrected chi connectivity index (χ0v) is 27.4. The third-order valence-corrected chi connectivity index (χ3v) is 8.52. The summed E-state index contributed by atoms with van der Waals surface area (Å²) in [5.41, 5.74) is 0.106. The Hall–Kier alpha value is -4.89. The van der Waals surface area contributed by atoms with Crippen molar-refractivity contribution in [3.63, 3.8) is 0 Å². The first-order chi connectivity index (χ1) is 22.9. The first kappa shape index (κ1) is 36.0. The Morgan fingerprint density at radius 3 is 2.21 bits per heavy atom. The maximum Gasteiger partial charge on any atom is 0.291 e. The highest BCUT2D eigenvalue weighted by atomic mass is 35.5. The van der Waals surface area contributed by atoms with Crippen LogP contribution in [0, 0.1) is 17.6 Å². The second-order valence-corrected chi connectivity index (χ2v) is 11.8. The van der Waals surface area contributed by atoms with Gasteiger partial charge in [-0.15, -0.1) is 0 Å². The summed E-state index contributed by atoms with van der Waals surface area (Å²) >= 11 is 6.46. The van der Waals surface area contributed by atoms with Crippen molar-refractivity contribution in [1.29, 1.82) is 0 Å². The number of aromatic nitrogens is 2. The van der Waals surface area contributed by atoms with Crippen LogP contribution in [0.2, 0.25) is 5.02 Å². The number of anilines is 1. The molecule has 2 aliphatic heterocycles. The van der Waals surface area contributed by atoms with Crippen LogP contribution in [0.15, 0.2) is 36.5 Å². The van der Waals surface area contributed by atoms with Gasteiger partial charge < -0.3 is 35.0 Å². The zero-order valence-electron chi connectivity index (χ0n) is 26.6. The van der Waals surface area contributed by atoms with E-state index in [1.165, 1.54) is 62.2 Å². The average Bonchev–Trinajstić information content (AvgIpc) is 3.46. The largest absolute Gasteiger partial charge is 0.483 e. The predicted molar refractivity (Wildman–Crippen MR) is 173 cm³/mol. The number of amides is 4. The normalized spacial score (nSPS) is 14.9. The molecule has 0 spiro atoms. The molecule has 2 aliphatic rings. The number of rotatable bonds is 6. The van der Waals surface area contributed by atoms with Crippen molar-refractivity contribution in [3.8, 4) is 11.3 Å². The van der Waals surface area contributed by atoms with Crippen LogP contribution in [-0.2, 0) is 16.6 Å². The van der Waals surface area contributed by atoms with Crippen molar-refractivity contribution in [2.24, 2.45) is 13.0 Å². The molecule has 3 N–H and O–H groups in total. The number of halogens is 3. The van der Waals surface area contributed by atoms with Gasteiger partial charge in [0.05, 0.1) is 28.0 Å². The molecule has 0 unspecified atom stereocenters. The number of nitrogens with zero attached hydrogens (tertiary/aromatic N) is 5. The van der Waals surface area contributed by atoms with E-state index in [1.54, 1.807) is 4.90 Å². The van der Waals surface area contributed by atoms with Crippen molar-refractivity contribution in [2.75, 3.05) is 58.7 Å². The second kappa shape index (κ2) is 15.8. The molecule has 3 aromatic rings. The predicted octanol–water partition coefficient (Wildman–Crippen LogP) is 2.96. The van der Waals surface area contributed by atoms with Gasteiger partial charge in [-0.3, -0.25) is 24.0 Å². The van der Waals surface area contributed by atoms with E-state index in [2.05, 4.69) is 15.6 Å². The van der Waals surface area contributed by atoms with E-state index < -0.39 is 29.0 Å². The van der Waals surface area contributed by atoms with Crippen LogP contribution in [0.25, 0.3) is 11.3 Å². The summed E-state index contributed by atoms with van der Waals surface area (Å²) in [5.74, 6) is -4.05. The van der Waals surface area contributed by atoms with Gasteiger partial charge in [0, 0.05) is 64.5 Å². The molecule has 2 aromatic carbocycles. The van der Waals surface area contributed by atoms with Crippen LogP contribution in [0.3, 0.4) is 0 Å². The number of hydrogen-bond acceptors (Lipinski definition) is 7. The second-order valence-electron chi connectivity index (χ2n) is 11.4. The van der Waals surface area contributed by atoms with Gasteiger partial charge in [-0.05, 0) is 56.3 Å². The van der Waals surface area contributed by atoms with Crippen LogP contribution in [0.1, 0.15) is 44.2 Å². The van der Waals surface area contributed by atoms with Crippen LogP contribution in [0.5, 0.6) is 0 Å². The first-order valence-corrected chi connectivity index (χ1v) is 15.5. The van der Waals surface area contributed by atoms with Crippen LogP contribution in [-0.4, -0.2) is 113 Å². The van der Waals surface area contributed by atoms with E-state index >= 15 is 0 Å². The quantitative estimate of drug-likeness (QED) is 0.334. The van der Waals surface area contributed by atoms with E-state index in [9.17, 15) is 28.0 Å². The van der Waals surface area contributed by atoms with Crippen LogP contribution < -0.4 is 10.6 Å². The Balaban J connectivity index is 0.00000167. The van der Waals surface area contributed by atoms with Crippen LogP contribution in [0.4, 0.5) is 14.5 Å². The molecule has 16 heteroatoms. The minimum Gasteiger partial charge on any atom is -0.483 e. The molecule has 48 heavy (non-hydrogen) atoms. The molecule has 4 amide bonds. The maximum atomic E-state index is 15.0. The lowest BCUT2D eigenvalue weighted by molar-refractivity contribution is -0.137. The number of piperazine rings is 1. The molecule has 0 aliphatic carbocycles. The Bertz CT molecular complexity index is 1700. The van der Waals surface area contributed by atoms with Crippen molar-refractivity contribution in [3.05, 3.63) is 70.1 Å².